The van der Waals surface area contributed by atoms with E-state index in [1.807, 2.05) is 32.0 Å². The van der Waals surface area contributed by atoms with Crippen LogP contribution in [0.15, 0.2) is 36.4 Å². The molecule has 3 aromatic rings. The number of anilines is 2. The normalized spacial score (nSPS) is 17.9. The van der Waals surface area contributed by atoms with Gasteiger partial charge in [0.05, 0.1) is 36.1 Å². The van der Waals surface area contributed by atoms with Gasteiger partial charge in [-0.25, -0.2) is 0 Å². The summed E-state index contributed by atoms with van der Waals surface area (Å²) in [6.07, 6.45) is 0. The number of benzene rings is 2. The summed E-state index contributed by atoms with van der Waals surface area (Å²) in [7, 11) is 2.20. The Hall–Kier alpha value is -3.21. The Morgan fingerprint density at radius 2 is 2.00 bits per heavy atom. The van der Waals surface area contributed by atoms with E-state index in [4.69, 9.17) is 4.74 Å². The van der Waals surface area contributed by atoms with Gasteiger partial charge in [0.1, 0.15) is 0 Å². The average Bonchev–Trinajstić information content (AvgIpc) is 2.78. The molecule has 2 aliphatic heterocycles. The predicted molar refractivity (Wildman–Crippen MR) is 126 cm³/mol. The molecule has 2 fully saturated rings. The number of ether oxygens (including phenoxy) is 1. The molecule has 3 heterocycles. The summed E-state index contributed by atoms with van der Waals surface area (Å²) in [5.41, 5.74) is 5.03. The number of nitrogens with zero attached hydrogens (tertiary/aromatic N) is 5. The molecule has 32 heavy (non-hydrogen) atoms. The zero-order chi connectivity index (χ0) is 22.3. The number of aromatic nitrogens is 2. The third-order valence-corrected chi connectivity index (χ3v) is 7.05. The molecule has 1 N–H and O–H groups in total. The first-order chi connectivity index (χ1) is 15.5. The maximum Gasteiger partial charge on any atom is 0.156 e. The highest BCUT2D eigenvalue weighted by Gasteiger charge is 2.48. The summed E-state index contributed by atoms with van der Waals surface area (Å²) in [5.74, 6) is 0.766. The Morgan fingerprint density at radius 3 is 2.78 bits per heavy atom. The summed E-state index contributed by atoms with van der Waals surface area (Å²) >= 11 is 0. The summed E-state index contributed by atoms with van der Waals surface area (Å²) < 4.78 is 5.77. The van der Waals surface area contributed by atoms with Crippen molar-refractivity contribution in [3.63, 3.8) is 0 Å². The molecule has 0 aliphatic carbocycles. The highest BCUT2D eigenvalue weighted by Crippen LogP contribution is 2.36. The fourth-order valence-corrected chi connectivity index (χ4v) is 4.77. The number of rotatable bonds is 4. The van der Waals surface area contributed by atoms with Crippen molar-refractivity contribution >= 4 is 22.3 Å². The van der Waals surface area contributed by atoms with Gasteiger partial charge in [0.2, 0.25) is 0 Å². The molecular weight excluding hydrogens is 400 g/mol. The van der Waals surface area contributed by atoms with Crippen molar-refractivity contribution in [2.45, 2.75) is 25.9 Å². The molecule has 1 aromatic heterocycles. The highest BCUT2D eigenvalue weighted by molar-refractivity contribution is 5.95. The van der Waals surface area contributed by atoms with Crippen molar-refractivity contribution in [1.29, 1.82) is 5.26 Å². The van der Waals surface area contributed by atoms with Gasteiger partial charge in [0.15, 0.2) is 5.82 Å². The van der Waals surface area contributed by atoms with Crippen LogP contribution in [0.3, 0.4) is 0 Å². The van der Waals surface area contributed by atoms with Crippen LogP contribution in [0.2, 0.25) is 0 Å². The van der Waals surface area contributed by atoms with Crippen molar-refractivity contribution in [3.05, 3.63) is 58.8 Å². The second-order valence-electron chi connectivity index (χ2n) is 8.97. The van der Waals surface area contributed by atoms with Crippen molar-refractivity contribution in [2.24, 2.45) is 0 Å². The Labute approximate surface area is 188 Å². The monoisotopic (exact) mass is 428 g/mol. The fourth-order valence-electron chi connectivity index (χ4n) is 4.77. The maximum absolute atomic E-state index is 9.31. The van der Waals surface area contributed by atoms with Gasteiger partial charge in [0, 0.05) is 42.6 Å². The van der Waals surface area contributed by atoms with Gasteiger partial charge < -0.3 is 15.0 Å². The molecule has 0 saturated carbocycles. The van der Waals surface area contributed by atoms with Gasteiger partial charge in [-0.3, -0.25) is 4.90 Å². The number of nitrogens with one attached hydrogen (secondary N) is 1. The largest absolute Gasteiger partial charge is 0.378 e. The minimum Gasteiger partial charge on any atom is -0.378 e. The molecule has 5 rings (SSSR count). The Balaban J connectivity index is 1.41. The van der Waals surface area contributed by atoms with E-state index in [2.05, 4.69) is 56.6 Å². The van der Waals surface area contributed by atoms with E-state index in [1.165, 1.54) is 5.69 Å². The lowest BCUT2D eigenvalue weighted by Crippen LogP contribution is -2.73. The minimum atomic E-state index is 0.129. The lowest BCUT2D eigenvalue weighted by molar-refractivity contribution is -0.0690. The van der Waals surface area contributed by atoms with Crippen LogP contribution in [0.1, 0.15) is 22.4 Å². The van der Waals surface area contributed by atoms with E-state index in [0.717, 1.165) is 66.3 Å². The van der Waals surface area contributed by atoms with Gasteiger partial charge >= 0.3 is 0 Å². The van der Waals surface area contributed by atoms with Gasteiger partial charge in [0.25, 0.3) is 0 Å². The Kier molecular flexibility index (Phi) is 5.20. The lowest BCUT2D eigenvalue weighted by atomic mass is 9.87. The van der Waals surface area contributed by atoms with Crippen molar-refractivity contribution in [1.82, 2.24) is 15.1 Å². The van der Waals surface area contributed by atoms with Crippen LogP contribution < -0.4 is 10.2 Å². The Bertz CT molecular complexity index is 1210. The van der Waals surface area contributed by atoms with Crippen LogP contribution in [0.25, 0.3) is 10.8 Å². The van der Waals surface area contributed by atoms with Crippen LogP contribution in [-0.4, -0.2) is 60.5 Å². The zero-order valence-corrected chi connectivity index (χ0v) is 18.9. The number of morpholine rings is 1. The van der Waals surface area contributed by atoms with Gasteiger partial charge in [-0.05, 0) is 50.2 Å². The van der Waals surface area contributed by atoms with Gasteiger partial charge in [-0.2, -0.15) is 10.4 Å². The van der Waals surface area contributed by atoms with Gasteiger partial charge in [-0.15, -0.1) is 5.10 Å². The molecule has 0 atom stereocenters. The number of aryl methyl sites for hydroxylation is 1. The number of hydrogen-bond acceptors (Lipinski definition) is 7. The second kappa shape index (κ2) is 8.05. The van der Waals surface area contributed by atoms with E-state index in [-0.39, 0.29) is 5.54 Å². The molecule has 1 spiro atoms. The Morgan fingerprint density at radius 1 is 1.16 bits per heavy atom. The SMILES string of the molecule is Cc1c(C#N)cccc1CNc1nnc(C)c2ccc(N3CC4(COCCN4C)C3)cc12. The number of likely N-dealkylation sites (N-methyl/N-ethyl adjacent to an activating group) is 1. The van der Waals surface area contributed by atoms with Crippen LogP contribution in [-0.2, 0) is 11.3 Å². The molecule has 164 valence electrons. The van der Waals surface area contributed by atoms with Crippen molar-refractivity contribution in [3.8, 4) is 6.07 Å². The third-order valence-electron chi connectivity index (χ3n) is 7.05. The van der Waals surface area contributed by atoms with E-state index in [0.29, 0.717) is 12.1 Å². The average molecular weight is 429 g/mol. The molecule has 2 aromatic carbocycles. The standard InChI is InChI=1S/C25H28N6O/c1-17-19(12-26)5-4-6-20(17)13-27-24-23-11-21(7-8-22(23)18(2)28-29-24)31-14-25(15-31)16-32-10-9-30(25)3/h4-8,11H,9-10,13-16H2,1-3H3,(H,27,29). The van der Waals surface area contributed by atoms with Crippen LogP contribution in [0, 0.1) is 25.2 Å². The number of fused-ring (bicyclic) bond motifs is 1. The maximum atomic E-state index is 9.31. The molecule has 0 amide bonds. The van der Waals surface area contributed by atoms with E-state index in [9.17, 15) is 5.26 Å². The molecular formula is C25H28N6O. The van der Waals surface area contributed by atoms with Crippen LogP contribution in [0.4, 0.5) is 11.5 Å². The summed E-state index contributed by atoms with van der Waals surface area (Å²) in [6, 6.07) is 14.6. The van der Waals surface area contributed by atoms with Crippen molar-refractivity contribution < 1.29 is 4.74 Å². The minimum absolute atomic E-state index is 0.129. The highest BCUT2D eigenvalue weighted by atomic mass is 16.5. The first-order valence-corrected chi connectivity index (χ1v) is 11.0. The fraction of sp³-hybridized carbons (Fsp3) is 0.400. The molecule has 7 nitrogen and oxygen atoms in total. The van der Waals surface area contributed by atoms with Crippen LogP contribution in [0.5, 0.6) is 0 Å². The summed E-state index contributed by atoms with van der Waals surface area (Å²) in [6.45, 7) is 9.10. The van der Waals surface area contributed by atoms with E-state index in [1.54, 1.807) is 0 Å². The smallest absolute Gasteiger partial charge is 0.156 e. The first kappa shape index (κ1) is 20.7. The molecule has 0 radical (unpaired) electrons. The van der Waals surface area contributed by atoms with E-state index < -0.39 is 0 Å². The molecule has 2 saturated heterocycles. The number of nitriles is 1. The summed E-state index contributed by atoms with van der Waals surface area (Å²) in [4.78, 5) is 4.85. The summed E-state index contributed by atoms with van der Waals surface area (Å²) in [5, 5.41) is 23.8. The van der Waals surface area contributed by atoms with E-state index >= 15 is 0 Å². The topological polar surface area (TPSA) is 77.3 Å². The molecule has 2 aliphatic rings. The predicted octanol–water partition coefficient (Wildman–Crippen LogP) is 3.25. The van der Waals surface area contributed by atoms with Gasteiger partial charge in [-0.1, -0.05) is 18.2 Å². The lowest BCUT2D eigenvalue weighted by Gasteiger charge is -2.57. The molecule has 0 unspecified atom stereocenters. The molecule has 7 heteroatoms. The number of hydrogen-bond donors (Lipinski definition) is 1. The zero-order valence-electron chi connectivity index (χ0n) is 18.9. The second-order valence-corrected chi connectivity index (χ2v) is 8.97. The van der Waals surface area contributed by atoms with Crippen LogP contribution >= 0.6 is 0 Å². The van der Waals surface area contributed by atoms with Crippen molar-refractivity contribution in [2.75, 3.05) is 50.1 Å². The first-order valence-electron chi connectivity index (χ1n) is 11.0. The molecule has 0 bridgehead atoms. The quantitative estimate of drug-likeness (QED) is 0.683. The third kappa shape index (κ3) is 3.46.